The number of amides is 1. The summed E-state index contributed by atoms with van der Waals surface area (Å²) in [6.07, 6.45) is -0.183. The molecule has 6 heteroatoms. The molecule has 1 aliphatic heterocycles. The lowest BCUT2D eigenvalue weighted by Crippen LogP contribution is -2.19. The molecule has 0 saturated carbocycles. The molecule has 0 saturated heterocycles. The second-order valence-corrected chi connectivity index (χ2v) is 3.65. The number of anilines is 1. The van der Waals surface area contributed by atoms with Crippen molar-refractivity contribution in [2.45, 2.75) is 6.42 Å². The Balaban J connectivity index is 2.31. The van der Waals surface area contributed by atoms with Gasteiger partial charge in [-0.3, -0.25) is 4.79 Å². The third-order valence-electron chi connectivity index (χ3n) is 2.09. The van der Waals surface area contributed by atoms with Gasteiger partial charge in [-0.15, -0.1) is 0 Å². The number of hydrogen-bond acceptors (Lipinski definition) is 3. The van der Waals surface area contributed by atoms with Crippen LogP contribution in [-0.2, 0) is 9.59 Å². The van der Waals surface area contributed by atoms with E-state index in [4.69, 9.17) is 16.7 Å². The van der Waals surface area contributed by atoms with Crippen molar-refractivity contribution in [2.75, 3.05) is 5.01 Å². The molecule has 0 spiro atoms. The zero-order valence-corrected chi connectivity index (χ0v) is 8.81. The number of benzene rings is 1. The van der Waals surface area contributed by atoms with Gasteiger partial charge in [0.15, 0.2) is 5.71 Å². The maximum absolute atomic E-state index is 11.5. The van der Waals surface area contributed by atoms with Crippen molar-refractivity contribution in [1.82, 2.24) is 0 Å². The van der Waals surface area contributed by atoms with Crippen molar-refractivity contribution in [1.29, 1.82) is 0 Å². The van der Waals surface area contributed by atoms with E-state index < -0.39 is 5.97 Å². The molecule has 1 amide bonds. The van der Waals surface area contributed by atoms with Crippen LogP contribution in [0.1, 0.15) is 6.42 Å². The molecule has 0 aromatic heterocycles. The van der Waals surface area contributed by atoms with E-state index in [-0.39, 0.29) is 18.0 Å². The lowest BCUT2D eigenvalue weighted by Gasteiger charge is -2.10. The molecule has 1 aromatic carbocycles. The first-order valence-corrected chi connectivity index (χ1v) is 4.85. The second kappa shape index (κ2) is 3.94. The first-order valence-electron chi connectivity index (χ1n) is 4.47. The molecule has 82 valence electrons. The molecule has 2 rings (SSSR count). The van der Waals surface area contributed by atoms with Crippen LogP contribution < -0.4 is 5.01 Å². The van der Waals surface area contributed by atoms with Crippen molar-refractivity contribution in [2.24, 2.45) is 5.10 Å². The highest BCUT2D eigenvalue weighted by molar-refractivity contribution is 6.42. The molecule has 0 atom stereocenters. The fraction of sp³-hybridized carbons (Fsp3) is 0.100. The summed E-state index contributed by atoms with van der Waals surface area (Å²) in [5.41, 5.74) is 0.352. The molecule has 1 aromatic rings. The predicted octanol–water partition coefficient (Wildman–Crippen LogP) is 1.52. The summed E-state index contributed by atoms with van der Waals surface area (Å²) in [5.74, 6) is -1.54. The molecule has 5 nitrogen and oxygen atoms in total. The Kier molecular flexibility index (Phi) is 2.62. The van der Waals surface area contributed by atoms with Crippen LogP contribution in [0.25, 0.3) is 0 Å². The fourth-order valence-corrected chi connectivity index (χ4v) is 1.46. The third kappa shape index (κ3) is 1.90. The van der Waals surface area contributed by atoms with Gasteiger partial charge in [0.2, 0.25) is 0 Å². The van der Waals surface area contributed by atoms with Crippen LogP contribution in [-0.4, -0.2) is 22.7 Å². The molecule has 0 bridgehead atoms. The average Bonchev–Trinajstić information content (AvgIpc) is 2.62. The number of carbonyl (C=O) groups is 2. The van der Waals surface area contributed by atoms with Gasteiger partial charge in [0.05, 0.1) is 12.1 Å². The van der Waals surface area contributed by atoms with Crippen LogP contribution in [0.5, 0.6) is 0 Å². The van der Waals surface area contributed by atoms with Gasteiger partial charge in [-0.2, -0.15) is 10.1 Å². The maximum Gasteiger partial charge on any atom is 0.352 e. The third-order valence-corrected chi connectivity index (χ3v) is 2.35. The first-order chi connectivity index (χ1) is 7.58. The van der Waals surface area contributed by atoms with Crippen molar-refractivity contribution in [3.63, 3.8) is 0 Å². The van der Waals surface area contributed by atoms with Crippen molar-refractivity contribution in [3.05, 3.63) is 29.3 Å². The first kappa shape index (κ1) is 10.6. The van der Waals surface area contributed by atoms with Gasteiger partial charge in [-0.05, 0) is 24.3 Å². The molecule has 0 aliphatic carbocycles. The molecule has 16 heavy (non-hydrogen) atoms. The molecule has 0 fully saturated rings. The van der Waals surface area contributed by atoms with E-state index in [1.807, 2.05) is 0 Å². The number of carboxylic acid groups (broad SMARTS) is 1. The highest BCUT2D eigenvalue weighted by Crippen LogP contribution is 2.22. The largest absolute Gasteiger partial charge is 0.477 e. The predicted molar refractivity (Wildman–Crippen MR) is 58.6 cm³/mol. The summed E-state index contributed by atoms with van der Waals surface area (Å²) in [6, 6.07) is 6.43. The molecule has 0 unspecified atom stereocenters. The summed E-state index contributed by atoms with van der Waals surface area (Å²) >= 11 is 5.70. The number of halogens is 1. The van der Waals surface area contributed by atoms with Gasteiger partial charge >= 0.3 is 5.97 Å². The molecular formula is C10H7ClN2O3. The summed E-state index contributed by atoms with van der Waals surface area (Å²) < 4.78 is 0. The number of hydrogen-bond donors (Lipinski definition) is 1. The van der Waals surface area contributed by atoms with Gasteiger partial charge in [0.25, 0.3) is 5.91 Å². The van der Waals surface area contributed by atoms with E-state index in [0.29, 0.717) is 10.7 Å². The molecular weight excluding hydrogens is 232 g/mol. The Bertz CT molecular complexity index is 481. The molecule has 0 radical (unpaired) electrons. The average molecular weight is 239 g/mol. The Labute approximate surface area is 95.9 Å². The Morgan fingerprint density at radius 1 is 1.38 bits per heavy atom. The standard InChI is InChI=1S/C10H7ClN2O3/c11-6-1-3-7(4-2-6)13-9(14)5-8(12-13)10(15)16/h1-4H,5H2,(H,15,16). The van der Waals surface area contributed by atoms with E-state index in [2.05, 4.69) is 5.10 Å². The minimum Gasteiger partial charge on any atom is -0.477 e. The lowest BCUT2D eigenvalue weighted by atomic mass is 10.2. The van der Waals surface area contributed by atoms with Crippen molar-refractivity contribution >= 4 is 34.9 Å². The highest BCUT2D eigenvalue weighted by atomic mass is 35.5. The van der Waals surface area contributed by atoms with Gasteiger partial charge in [0.1, 0.15) is 0 Å². The molecule has 1 heterocycles. The number of carbonyl (C=O) groups excluding carboxylic acids is 1. The number of aliphatic carboxylic acids is 1. The van der Waals surface area contributed by atoms with Gasteiger partial charge in [-0.1, -0.05) is 11.6 Å². The normalized spacial score (nSPS) is 15.2. The Morgan fingerprint density at radius 3 is 2.50 bits per heavy atom. The minimum atomic E-state index is -1.18. The van der Waals surface area contributed by atoms with Gasteiger partial charge < -0.3 is 5.11 Å². The van der Waals surface area contributed by atoms with Crippen LogP contribution in [0.15, 0.2) is 29.4 Å². The van der Waals surface area contributed by atoms with Gasteiger partial charge in [0, 0.05) is 5.02 Å². The quantitative estimate of drug-likeness (QED) is 0.849. The lowest BCUT2D eigenvalue weighted by molar-refractivity contribution is -0.129. The maximum atomic E-state index is 11.5. The van der Waals surface area contributed by atoms with E-state index in [9.17, 15) is 9.59 Å². The zero-order valence-electron chi connectivity index (χ0n) is 8.05. The summed E-state index contributed by atoms with van der Waals surface area (Å²) in [6.45, 7) is 0. The zero-order chi connectivity index (χ0) is 11.7. The highest BCUT2D eigenvalue weighted by Gasteiger charge is 2.28. The summed E-state index contributed by atoms with van der Waals surface area (Å²) in [7, 11) is 0. The Hall–Kier alpha value is -1.88. The smallest absolute Gasteiger partial charge is 0.352 e. The van der Waals surface area contributed by atoms with Crippen molar-refractivity contribution in [3.8, 4) is 0 Å². The van der Waals surface area contributed by atoms with Crippen LogP contribution in [0.2, 0.25) is 5.02 Å². The van der Waals surface area contributed by atoms with Gasteiger partial charge in [-0.25, -0.2) is 4.79 Å². The summed E-state index contributed by atoms with van der Waals surface area (Å²) in [5, 5.41) is 14.0. The van der Waals surface area contributed by atoms with Crippen LogP contribution in [0.4, 0.5) is 5.69 Å². The molecule has 1 N–H and O–H groups in total. The summed E-state index contributed by atoms with van der Waals surface area (Å²) in [4.78, 5) is 22.1. The molecule has 1 aliphatic rings. The van der Waals surface area contributed by atoms with E-state index in [1.165, 1.54) is 0 Å². The number of rotatable bonds is 2. The van der Waals surface area contributed by atoms with Crippen LogP contribution >= 0.6 is 11.6 Å². The topological polar surface area (TPSA) is 70.0 Å². The fourth-order valence-electron chi connectivity index (χ4n) is 1.33. The number of carboxylic acids is 1. The van der Waals surface area contributed by atoms with E-state index >= 15 is 0 Å². The van der Waals surface area contributed by atoms with Crippen molar-refractivity contribution < 1.29 is 14.7 Å². The number of nitrogens with zero attached hydrogens (tertiary/aromatic N) is 2. The number of hydrazone groups is 1. The second-order valence-electron chi connectivity index (χ2n) is 3.21. The Morgan fingerprint density at radius 2 is 2.00 bits per heavy atom. The van der Waals surface area contributed by atoms with E-state index in [1.54, 1.807) is 24.3 Å². The minimum absolute atomic E-state index is 0.153. The van der Waals surface area contributed by atoms with Crippen LogP contribution in [0, 0.1) is 0 Å². The SMILES string of the molecule is O=C(O)C1=NN(c2ccc(Cl)cc2)C(=O)C1. The monoisotopic (exact) mass is 238 g/mol. The van der Waals surface area contributed by atoms with E-state index in [0.717, 1.165) is 5.01 Å². The van der Waals surface area contributed by atoms with Crippen LogP contribution in [0.3, 0.4) is 0 Å².